The number of halogens is 2. The number of aromatic nitrogens is 2. The number of nitrogens with two attached hydrogens (primary N) is 1. The zero-order valence-electron chi connectivity index (χ0n) is 10.4. The average Bonchev–Trinajstić information content (AvgIpc) is 2.81. The van der Waals surface area contributed by atoms with Crippen molar-refractivity contribution < 1.29 is 4.79 Å². The van der Waals surface area contributed by atoms with Crippen molar-refractivity contribution in [1.29, 1.82) is 0 Å². The molecule has 21 heavy (non-hydrogen) atoms. The summed E-state index contributed by atoms with van der Waals surface area (Å²) in [6.45, 7) is 0. The fraction of sp³-hybridized carbons (Fsp3) is 0. The molecule has 0 saturated carbocycles. The van der Waals surface area contributed by atoms with Gasteiger partial charge in [0, 0.05) is 11.1 Å². The zero-order valence-corrected chi connectivity index (χ0v) is 12.8. The van der Waals surface area contributed by atoms with Gasteiger partial charge in [-0.05, 0) is 24.3 Å². The quantitative estimate of drug-likeness (QED) is 0.743. The average molecular weight is 339 g/mol. The lowest BCUT2D eigenvalue weighted by Gasteiger charge is -2.05. The lowest BCUT2D eigenvalue weighted by molar-refractivity contribution is 0.103. The van der Waals surface area contributed by atoms with Crippen LogP contribution in [0.15, 0.2) is 30.5 Å². The molecule has 0 unspecified atom stereocenters. The number of benzene rings is 1. The van der Waals surface area contributed by atoms with E-state index in [-0.39, 0.29) is 5.91 Å². The molecule has 0 fully saturated rings. The van der Waals surface area contributed by atoms with Gasteiger partial charge in [0.2, 0.25) is 0 Å². The van der Waals surface area contributed by atoms with Crippen LogP contribution in [0.1, 0.15) is 9.67 Å². The second kappa shape index (κ2) is 5.48. The van der Waals surface area contributed by atoms with Crippen LogP contribution in [0.3, 0.4) is 0 Å². The molecule has 0 aliphatic heterocycles. The summed E-state index contributed by atoms with van der Waals surface area (Å²) in [6, 6.07) is 6.57. The largest absolute Gasteiger partial charge is 0.397 e. The molecule has 0 saturated heterocycles. The molecule has 0 bridgehead atoms. The molecule has 0 atom stereocenters. The fourth-order valence-corrected chi connectivity index (χ4v) is 3.03. The normalized spacial score (nSPS) is 10.8. The van der Waals surface area contributed by atoms with Crippen LogP contribution < -0.4 is 11.1 Å². The van der Waals surface area contributed by atoms with Crippen molar-refractivity contribution in [2.75, 3.05) is 11.1 Å². The molecule has 3 N–H and O–H groups in total. The lowest BCUT2D eigenvalue weighted by Crippen LogP contribution is -2.11. The number of nitrogens with one attached hydrogen (secondary N) is 1. The predicted molar refractivity (Wildman–Crippen MR) is 86.2 cm³/mol. The summed E-state index contributed by atoms with van der Waals surface area (Å²) in [5.41, 5.74) is 6.91. The Labute approximate surface area is 133 Å². The number of nitrogen functional groups attached to an aromatic ring is 1. The molecule has 0 aliphatic rings. The smallest absolute Gasteiger partial charge is 0.267 e. The van der Waals surface area contributed by atoms with Gasteiger partial charge in [0.05, 0.1) is 21.9 Å². The molecule has 106 valence electrons. The number of nitrogens with zero attached hydrogens (tertiary/aromatic N) is 2. The first-order chi connectivity index (χ1) is 10.1. The first-order valence-corrected chi connectivity index (χ1v) is 7.39. The van der Waals surface area contributed by atoms with Gasteiger partial charge in [0.25, 0.3) is 5.91 Å². The van der Waals surface area contributed by atoms with Crippen molar-refractivity contribution in [2.24, 2.45) is 0 Å². The van der Waals surface area contributed by atoms with E-state index in [0.29, 0.717) is 36.5 Å². The molecule has 0 spiro atoms. The maximum absolute atomic E-state index is 12.3. The van der Waals surface area contributed by atoms with Crippen molar-refractivity contribution in [3.05, 3.63) is 45.4 Å². The lowest BCUT2D eigenvalue weighted by atomic mass is 10.2. The maximum atomic E-state index is 12.3. The summed E-state index contributed by atoms with van der Waals surface area (Å²) in [5, 5.41) is 12.0. The Balaban J connectivity index is 1.93. The SMILES string of the molecule is Nc1c(C(=O)Nc2ccc(Cl)c(Cl)c2)sc2nnccc12. The van der Waals surface area contributed by atoms with Crippen LogP contribution >= 0.6 is 34.5 Å². The van der Waals surface area contributed by atoms with Crippen molar-refractivity contribution >= 4 is 62.0 Å². The standard InChI is InChI=1S/C13H8Cl2N4OS/c14-8-2-1-6(5-9(8)15)18-12(20)11-10(16)7-3-4-17-19-13(7)21-11/h1-5H,16H2,(H,18,20). The van der Waals surface area contributed by atoms with E-state index in [1.54, 1.807) is 24.3 Å². The van der Waals surface area contributed by atoms with E-state index in [1.807, 2.05) is 0 Å². The zero-order chi connectivity index (χ0) is 15.0. The molecule has 0 radical (unpaired) electrons. The van der Waals surface area contributed by atoms with Crippen molar-refractivity contribution in [3.8, 4) is 0 Å². The number of carbonyl (C=O) groups excluding carboxylic acids is 1. The Kier molecular flexibility index (Phi) is 3.67. The number of fused-ring (bicyclic) bond motifs is 1. The third-order valence-electron chi connectivity index (χ3n) is 2.80. The Morgan fingerprint density at radius 1 is 1.24 bits per heavy atom. The summed E-state index contributed by atoms with van der Waals surface area (Å²) in [4.78, 5) is 13.3. The summed E-state index contributed by atoms with van der Waals surface area (Å²) in [7, 11) is 0. The fourth-order valence-electron chi connectivity index (χ4n) is 1.80. The number of carbonyl (C=O) groups is 1. The van der Waals surface area contributed by atoms with Crippen LogP contribution in [-0.4, -0.2) is 16.1 Å². The number of thiophene rings is 1. The molecular formula is C13H8Cl2N4OS. The van der Waals surface area contributed by atoms with Gasteiger partial charge in [0.1, 0.15) is 9.71 Å². The Morgan fingerprint density at radius 3 is 2.76 bits per heavy atom. The first-order valence-electron chi connectivity index (χ1n) is 5.82. The van der Waals surface area contributed by atoms with Crippen molar-refractivity contribution in [3.63, 3.8) is 0 Å². The van der Waals surface area contributed by atoms with Crippen LogP contribution in [0.5, 0.6) is 0 Å². The van der Waals surface area contributed by atoms with Gasteiger partial charge in [-0.25, -0.2) is 0 Å². The van der Waals surface area contributed by atoms with Crippen LogP contribution in [0.25, 0.3) is 10.2 Å². The molecule has 8 heteroatoms. The third kappa shape index (κ3) is 2.65. The van der Waals surface area contributed by atoms with Gasteiger partial charge in [-0.1, -0.05) is 23.2 Å². The van der Waals surface area contributed by atoms with E-state index in [2.05, 4.69) is 15.5 Å². The minimum Gasteiger partial charge on any atom is -0.397 e. The van der Waals surface area contributed by atoms with Gasteiger partial charge in [0.15, 0.2) is 0 Å². The summed E-state index contributed by atoms with van der Waals surface area (Å²) < 4.78 is 0. The third-order valence-corrected chi connectivity index (χ3v) is 4.65. The molecule has 1 aromatic carbocycles. The van der Waals surface area contributed by atoms with Gasteiger partial charge in [-0.2, -0.15) is 5.10 Å². The van der Waals surface area contributed by atoms with E-state index < -0.39 is 0 Å². The highest BCUT2D eigenvalue weighted by atomic mass is 35.5. The summed E-state index contributed by atoms with van der Waals surface area (Å²) >= 11 is 12.9. The van der Waals surface area contributed by atoms with Crippen molar-refractivity contribution in [1.82, 2.24) is 10.2 Å². The minimum absolute atomic E-state index is 0.325. The molecule has 2 heterocycles. The highest BCUT2D eigenvalue weighted by molar-refractivity contribution is 7.21. The van der Waals surface area contributed by atoms with Gasteiger partial charge in [-0.15, -0.1) is 16.4 Å². The first kappa shape index (κ1) is 14.1. The maximum Gasteiger partial charge on any atom is 0.267 e. The van der Waals surface area contributed by atoms with Crippen LogP contribution in [-0.2, 0) is 0 Å². The van der Waals surface area contributed by atoms with Gasteiger partial charge < -0.3 is 11.1 Å². The Morgan fingerprint density at radius 2 is 2.05 bits per heavy atom. The van der Waals surface area contributed by atoms with E-state index in [0.717, 1.165) is 0 Å². The Hall–Kier alpha value is -1.89. The Bertz CT molecular complexity index is 849. The monoisotopic (exact) mass is 338 g/mol. The molecule has 1 amide bonds. The van der Waals surface area contributed by atoms with Crippen LogP contribution in [0, 0.1) is 0 Å². The molecule has 3 aromatic rings. The number of anilines is 2. The van der Waals surface area contributed by atoms with E-state index >= 15 is 0 Å². The molecular weight excluding hydrogens is 331 g/mol. The number of amides is 1. The second-order valence-corrected chi connectivity index (χ2v) is 5.99. The summed E-state index contributed by atoms with van der Waals surface area (Å²) in [6.07, 6.45) is 1.53. The summed E-state index contributed by atoms with van der Waals surface area (Å²) in [5.74, 6) is -0.325. The van der Waals surface area contributed by atoms with E-state index in [9.17, 15) is 4.79 Å². The van der Waals surface area contributed by atoms with Crippen molar-refractivity contribution in [2.45, 2.75) is 0 Å². The highest BCUT2D eigenvalue weighted by Gasteiger charge is 2.17. The van der Waals surface area contributed by atoms with Gasteiger partial charge >= 0.3 is 0 Å². The topological polar surface area (TPSA) is 80.9 Å². The van der Waals surface area contributed by atoms with E-state index in [4.69, 9.17) is 28.9 Å². The number of hydrogen-bond acceptors (Lipinski definition) is 5. The molecule has 3 rings (SSSR count). The molecule has 0 aliphatic carbocycles. The van der Waals surface area contributed by atoms with Gasteiger partial charge in [-0.3, -0.25) is 4.79 Å². The van der Waals surface area contributed by atoms with Crippen LogP contribution in [0.2, 0.25) is 10.0 Å². The minimum atomic E-state index is -0.325. The predicted octanol–water partition coefficient (Wildman–Crippen LogP) is 3.83. The molecule has 5 nitrogen and oxygen atoms in total. The van der Waals surface area contributed by atoms with E-state index in [1.165, 1.54) is 17.5 Å². The highest BCUT2D eigenvalue weighted by Crippen LogP contribution is 2.32. The number of hydrogen-bond donors (Lipinski definition) is 2. The number of rotatable bonds is 2. The second-order valence-electron chi connectivity index (χ2n) is 4.18. The van der Waals surface area contributed by atoms with Crippen LogP contribution in [0.4, 0.5) is 11.4 Å². The molecule has 2 aromatic heterocycles.